The normalized spacial score (nSPS) is 17.6. The van der Waals surface area contributed by atoms with Gasteiger partial charge in [0, 0.05) is 44.8 Å². The number of fused-ring (bicyclic) bond motifs is 1. The van der Waals surface area contributed by atoms with Gasteiger partial charge in [0.25, 0.3) is 5.91 Å². The van der Waals surface area contributed by atoms with Gasteiger partial charge in [-0.2, -0.15) is 4.31 Å². The van der Waals surface area contributed by atoms with E-state index in [1.807, 2.05) is 19.1 Å². The van der Waals surface area contributed by atoms with Crippen LogP contribution in [0.2, 0.25) is 5.02 Å². The highest BCUT2D eigenvalue weighted by molar-refractivity contribution is 7.89. The van der Waals surface area contributed by atoms with Gasteiger partial charge in [-0.3, -0.25) is 14.6 Å². The van der Waals surface area contributed by atoms with Crippen LogP contribution in [0.15, 0.2) is 41.3 Å². The van der Waals surface area contributed by atoms with Crippen molar-refractivity contribution in [1.82, 2.24) is 14.2 Å². The molecule has 0 atom stereocenters. The quantitative estimate of drug-likeness (QED) is 0.403. The van der Waals surface area contributed by atoms with Crippen LogP contribution in [-0.4, -0.2) is 94.2 Å². The predicted molar refractivity (Wildman–Crippen MR) is 149 cm³/mol. The summed E-state index contributed by atoms with van der Waals surface area (Å²) in [4.78, 5) is 22.8. The van der Waals surface area contributed by atoms with Crippen LogP contribution in [0.5, 0.6) is 0 Å². The molecule has 38 heavy (non-hydrogen) atoms. The lowest BCUT2D eigenvalue weighted by molar-refractivity contribution is 0.0376. The summed E-state index contributed by atoms with van der Waals surface area (Å²) in [5.74, 6) is -0.227. The number of amides is 1. The Morgan fingerprint density at radius 3 is 2.34 bits per heavy atom. The molecule has 0 radical (unpaired) electrons. The van der Waals surface area contributed by atoms with Crippen LogP contribution in [0.1, 0.15) is 22.3 Å². The second-order valence-electron chi connectivity index (χ2n) is 9.34. The molecule has 9 nitrogen and oxygen atoms in total. The number of carbonyl (C=O) groups is 1. The molecular weight excluding hydrogens is 548 g/mol. The molecule has 1 aromatic heterocycles. The van der Waals surface area contributed by atoms with Gasteiger partial charge in [-0.05, 0) is 49.2 Å². The van der Waals surface area contributed by atoms with Gasteiger partial charge in [0.2, 0.25) is 10.0 Å². The fourth-order valence-electron chi connectivity index (χ4n) is 4.63. The highest BCUT2D eigenvalue weighted by Crippen LogP contribution is 2.36. The van der Waals surface area contributed by atoms with Gasteiger partial charge in [-0.15, -0.1) is 0 Å². The first kappa shape index (κ1) is 27.4. The number of nitrogens with zero attached hydrogens (tertiary/aromatic N) is 4. The third-order valence-electron chi connectivity index (χ3n) is 6.83. The molecule has 0 N–H and O–H groups in total. The molecule has 0 saturated carbocycles. The Bertz CT molecular complexity index is 1350. The van der Waals surface area contributed by atoms with Gasteiger partial charge in [0.05, 0.1) is 46.6 Å². The first-order valence-corrected chi connectivity index (χ1v) is 15.3. The molecule has 0 bridgehead atoms. The minimum atomic E-state index is -3.64. The van der Waals surface area contributed by atoms with E-state index in [1.165, 1.54) is 27.8 Å². The van der Waals surface area contributed by atoms with Crippen molar-refractivity contribution >= 4 is 54.2 Å². The van der Waals surface area contributed by atoms with E-state index < -0.39 is 10.0 Å². The van der Waals surface area contributed by atoms with Crippen LogP contribution in [0, 0.1) is 6.92 Å². The number of hydrogen-bond acceptors (Lipinski definition) is 8. The molecule has 3 heterocycles. The Balaban J connectivity index is 1.39. The number of halogens is 1. The molecule has 1 amide bonds. The summed E-state index contributed by atoms with van der Waals surface area (Å²) in [5.41, 5.74) is 2.18. The van der Waals surface area contributed by atoms with E-state index in [0.717, 1.165) is 55.0 Å². The average molecular weight is 579 g/mol. The average Bonchev–Trinajstić information content (AvgIpc) is 3.41. The Labute approximate surface area is 231 Å². The lowest BCUT2D eigenvalue weighted by Crippen LogP contribution is -2.40. The number of carbonyl (C=O) groups excluding carboxylic acids is 1. The molecule has 204 valence electrons. The highest BCUT2D eigenvalue weighted by atomic mass is 35.5. The van der Waals surface area contributed by atoms with E-state index in [2.05, 4.69) is 4.90 Å². The van der Waals surface area contributed by atoms with Gasteiger partial charge in [-0.1, -0.05) is 29.0 Å². The third-order valence-corrected chi connectivity index (χ3v) is 10.3. The number of hydrogen-bond donors (Lipinski definition) is 0. The minimum absolute atomic E-state index is 0.164. The van der Waals surface area contributed by atoms with E-state index in [0.29, 0.717) is 48.6 Å². The molecule has 3 aromatic rings. The van der Waals surface area contributed by atoms with Crippen LogP contribution in [-0.2, 0) is 19.5 Å². The predicted octanol–water partition coefficient (Wildman–Crippen LogP) is 3.65. The van der Waals surface area contributed by atoms with E-state index in [1.54, 1.807) is 17.0 Å². The zero-order chi connectivity index (χ0) is 26.7. The summed E-state index contributed by atoms with van der Waals surface area (Å²) in [6, 6.07) is 9.94. The van der Waals surface area contributed by atoms with E-state index >= 15 is 0 Å². The van der Waals surface area contributed by atoms with Gasteiger partial charge in [0.1, 0.15) is 0 Å². The SMILES string of the molecule is Cc1ccc(Cl)c2sc(N(CCCN3CCOCC3)C(=O)c3ccc(S(=O)(=O)N4CCOCC4)cc3)nc12. The number of benzene rings is 2. The second kappa shape index (κ2) is 12.0. The minimum Gasteiger partial charge on any atom is -0.379 e. The molecule has 12 heteroatoms. The van der Waals surface area contributed by atoms with Crippen molar-refractivity contribution in [2.75, 3.05) is 70.6 Å². The Hall–Kier alpha value is -2.12. The van der Waals surface area contributed by atoms with Crippen molar-refractivity contribution in [3.8, 4) is 0 Å². The molecular formula is C26H31ClN4O5S2. The van der Waals surface area contributed by atoms with Crippen LogP contribution in [0.3, 0.4) is 0 Å². The molecule has 2 aromatic carbocycles. The maximum absolute atomic E-state index is 13.8. The largest absolute Gasteiger partial charge is 0.379 e. The third kappa shape index (κ3) is 5.89. The topological polar surface area (TPSA) is 92.3 Å². The van der Waals surface area contributed by atoms with Crippen LogP contribution >= 0.6 is 22.9 Å². The number of sulfonamides is 1. The Morgan fingerprint density at radius 1 is 1.03 bits per heavy atom. The highest BCUT2D eigenvalue weighted by Gasteiger charge is 2.28. The van der Waals surface area contributed by atoms with Crippen molar-refractivity contribution < 1.29 is 22.7 Å². The lowest BCUT2D eigenvalue weighted by Gasteiger charge is -2.28. The van der Waals surface area contributed by atoms with Gasteiger partial charge < -0.3 is 9.47 Å². The molecule has 2 aliphatic heterocycles. The molecule has 0 unspecified atom stereocenters. The standard InChI is InChI=1S/C26H31ClN4O5S2/c1-19-3-8-22(27)24-23(19)28-26(37-24)31(10-2-9-29-11-15-35-16-12-29)25(32)20-4-6-21(7-5-20)38(33,34)30-13-17-36-18-14-30/h3-8H,2,9-18H2,1H3. The molecule has 2 aliphatic rings. The molecule has 2 fully saturated rings. The smallest absolute Gasteiger partial charge is 0.260 e. The first-order chi connectivity index (χ1) is 18.3. The fourth-order valence-corrected chi connectivity index (χ4v) is 7.38. The van der Waals surface area contributed by atoms with Crippen molar-refractivity contribution in [3.63, 3.8) is 0 Å². The maximum atomic E-state index is 13.8. The van der Waals surface area contributed by atoms with Crippen LogP contribution in [0.25, 0.3) is 10.2 Å². The van der Waals surface area contributed by atoms with Gasteiger partial charge in [-0.25, -0.2) is 13.4 Å². The number of thiazole rings is 1. The molecule has 0 aliphatic carbocycles. The monoisotopic (exact) mass is 578 g/mol. The lowest BCUT2D eigenvalue weighted by atomic mass is 10.2. The number of ether oxygens (including phenoxy) is 2. The van der Waals surface area contributed by atoms with E-state index in [4.69, 9.17) is 26.1 Å². The summed E-state index contributed by atoms with van der Waals surface area (Å²) >= 11 is 7.85. The summed E-state index contributed by atoms with van der Waals surface area (Å²) in [6.07, 6.45) is 0.762. The number of anilines is 1. The molecule has 2 saturated heterocycles. The number of morpholine rings is 2. The van der Waals surface area contributed by atoms with Crippen molar-refractivity contribution in [2.45, 2.75) is 18.2 Å². The Morgan fingerprint density at radius 2 is 1.68 bits per heavy atom. The van der Waals surface area contributed by atoms with Gasteiger partial charge in [0.15, 0.2) is 5.13 Å². The maximum Gasteiger partial charge on any atom is 0.260 e. The zero-order valence-corrected chi connectivity index (χ0v) is 23.7. The summed E-state index contributed by atoms with van der Waals surface area (Å²) in [7, 11) is -3.64. The number of aryl methyl sites for hydroxylation is 1. The number of rotatable bonds is 8. The summed E-state index contributed by atoms with van der Waals surface area (Å²) < 4.78 is 39.0. The van der Waals surface area contributed by atoms with Crippen LogP contribution in [0.4, 0.5) is 5.13 Å². The van der Waals surface area contributed by atoms with Crippen molar-refractivity contribution in [1.29, 1.82) is 0 Å². The Kier molecular flexibility index (Phi) is 8.63. The zero-order valence-electron chi connectivity index (χ0n) is 21.3. The second-order valence-corrected chi connectivity index (χ2v) is 12.7. The van der Waals surface area contributed by atoms with Crippen LogP contribution < -0.4 is 4.90 Å². The molecule has 5 rings (SSSR count). The molecule has 0 spiro atoms. The van der Waals surface area contributed by atoms with Crippen molar-refractivity contribution in [3.05, 3.63) is 52.5 Å². The first-order valence-electron chi connectivity index (χ1n) is 12.7. The fraction of sp³-hybridized carbons (Fsp3) is 0.462. The van der Waals surface area contributed by atoms with E-state index in [-0.39, 0.29) is 10.8 Å². The number of aromatic nitrogens is 1. The van der Waals surface area contributed by atoms with Gasteiger partial charge >= 0.3 is 0 Å². The summed E-state index contributed by atoms with van der Waals surface area (Å²) in [5, 5.41) is 1.18. The summed E-state index contributed by atoms with van der Waals surface area (Å²) in [6.45, 7) is 7.87. The van der Waals surface area contributed by atoms with E-state index in [9.17, 15) is 13.2 Å². The van der Waals surface area contributed by atoms with Crippen molar-refractivity contribution in [2.24, 2.45) is 0 Å².